The normalized spacial score (nSPS) is 11.1. The van der Waals surface area contributed by atoms with E-state index in [1.54, 1.807) is 0 Å². The smallest absolute Gasteiger partial charge is 0.235 e. The summed E-state index contributed by atoms with van der Waals surface area (Å²) >= 11 is 0. The maximum atomic E-state index is 11.3. The van der Waals surface area contributed by atoms with E-state index in [2.05, 4.69) is 15.5 Å². The van der Waals surface area contributed by atoms with Gasteiger partial charge in [-0.3, -0.25) is 4.79 Å². The van der Waals surface area contributed by atoms with Crippen LogP contribution < -0.4 is 5.32 Å². The third kappa shape index (κ3) is 3.34. The van der Waals surface area contributed by atoms with Crippen molar-refractivity contribution >= 4 is 5.91 Å². The summed E-state index contributed by atoms with van der Waals surface area (Å²) in [6.07, 6.45) is 0. The highest BCUT2D eigenvalue weighted by molar-refractivity contribution is 5.77. The average molecular weight is 211 g/mol. The van der Waals surface area contributed by atoms with Crippen LogP contribution >= 0.6 is 0 Å². The first kappa shape index (κ1) is 11.7. The molecule has 1 rings (SSSR count). The van der Waals surface area contributed by atoms with Gasteiger partial charge in [0, 0.05) is 11.8 Å². The summed E-state index contributed by atoms with van der Waals surface area (Å²) in [5.41, 5.74) is 0. The summed E-state index contributed by atoms with van der Waals surface area (Å²) in [6, 6.07) is 0. The number of amides is 1. The van der Waals surface area contributed by atoms with E-state index < -0.39 is 0 Å². The molecule has 0 atom stereocenters. The van der Waals surface area contributed by atoms with Gasteiger partial charge in [0.05, 0.1) is 6.54 Å². The summed E-state index contributed by atoms with van der Waals surface area (Å²) in [6.45, 7) is 7.93. The molecule has 5 heteroatoms. The van der Waals surface area contributed by atoms with Gasteiger partial charge in [0.15, 0.2) is 0 Å². The monoisotopic (exact) mass is 211 g/mol. The van der Waals surface area contributed by atoms with E-state index in [0.29, 0.717) is 18.3 Å². The summed E-state index contributed by atoms with van der Waals surface area (Å²) in [4.78, 5) is 11.3. The van der Waals surface area contributed by atoms with Gasteiger partial charge in [-0.15, -0.1) is 10.2 Å². The Morgan fingerprint density at radius 3 is 2.47 bits per heavy atom. The molecule has 0 saturated carbocycles. The van der Waals surface area contributed by atoms with E-state index in [4.69, 9.17) is 4.42 Å². The number of hydrogen-bond acceptors (Lipinski definition) is 4. The second-order valence-electron chi connectivity index (χ2n) is 4.06. The zero-order valence-electron chi connectivity index (χ0n) is 9.57. The van der Waals surface area contributed by atoms with Gasteiger partial charge < -0.3 is 9.73 Å². The van der Waals surface area contributed by atoms with Crippen molar-refractivity contribution in [2.45, 2.75) is 40.2 Å². The fraction of sp³-hybridized carbons (Fsp3) is 0.700. The van der Waals surface area contributed by atoms with E-state index in [1.807, 2.05) is 27.7 Å². The highest BCUT2D eigenvalue weighted by atomic mass is 16.4. The number of nitrogens with zero attached hydrogens (tertiary/aromatic N) is 2. The van der Waals surface area contributed by atoms with Crippen LogP contribution in [0.3, 0.4) is 0 Å². The molecule has 1 heterocycles. The third-order valence-corrected chi connectivity index (χ3v) is 1.91. The van der Waals surface area contributed by atoms with E-state index in [1.165, 1.54) is 0 Å². The van der Waals surface area contributed by atoms with Crippen LogP contribution in [0.25, 0.3) is 0 Å². The Hall–Kier alpha value is -1.39. The highest BCUT2D eigenvalue weighted by Crippen LogP contribution is 2.11. The van der Waals surface area contributed by atoms with Gasteiger partial charge in [-0.25, -0.2) is 0 Å². The van der Waals surface area contributed by atoms with Gasteiger partial charge in [0.25, 0.3) is 0 Å². The lowest BCUT2D eigenvalue weighted by Crippen LogP contribution is -2.27. The second-order valence-corrected chi connectivity index (χ2v) is 4.06. The first-order chi connectivity index (χ1) is 7.00. The van der Waals surface area contributed by atoms with Crippen molar-refractivity contribution in [1.82, 2.24) is 15.5 Å². The average Bonchev–Trinajstić information content (AvgIpc) is 2.62. The van der Waals surface area contributed by atoms with E-state index >= 15 is 0 Å². The largest absolute Gasteiger partial charge is 0.423 e. The van der Waals surface area contributed by atoms with Crippen molar-refractivity contribution in [1.29, 1.82) is 0 Å². The molecular weight excluding hydrogens is 194 g/mol. The van der Waals surface area contributed by atoms with Crippen molar-refractivity contribution in [3.05, 3.63) is 11.8 Å². The Morgan fingerprint density at radius 2 is 2.00 bits per heavy atom. The molecule has 1 amide bonds. The molecule has 1 aromatic heterocycles. The molecule has 0 unspecified atom stereocenters. The van der Waals surface area contributed by atoms with Crippen LogP contribution in [0.4, 0.5) is 0 Å². The second kappa shape index (κ2) is 4.91. The molecule has 84 valence electrons. The molecule has 5 nitrogen and oxygen atoms in total. The summed E-state index contributed by atoms with van der Waals surface area (Å²) in [5, 5.41) is 10.4. The summed E-state index contributed by atoms with van der Waals surface area (Å²) in [7, 11) is 0. The van der Waals surface area contributed by atoms with Crippen LogP contribution in [-0.4, -0.2) is 16.1 Å². The third-order valence-electron chi connectivity index (χ3n) is 1.91. The molecule has 0 aliphatic rings. The van der Waals surface area contributed by atoms with Crippen LogP contribution in [0.5, 0.6) is 0 Å². The summed E-state index contributed by atoms with van der Waals surface area (Å²) < 4.78 is 5.34. The van der Waals surface area contributed by atoms with E-state index in [0.717, 1.165) is 0 Å². The first-order valence-electron chi connectivity index (χ1n) is 5.10. The first-order valence-corrected chi connectivity index (χ1v) is 5.10. The molecule has 0 fully saturated rings. The van der Waals surface area contributed by atoms with E-state index in [-0.39, 0.29) is 17.7 Å². The predicted octanol–water partition coefficient (Wildman–Crippen LogP) is 1.47. The molecule has 0 spiro atoms. The van der Waals surface area contributed by atoms with Gasteiger partial charge in [-0.05, 0) is 0 Å². The number of carbonyl (C=O) groups excluding carboxylic acids is 1. The molecule has 1 aromatic rings. The molecular formula is C10H17N3O2. The summed E-state index contributed by atoms with van der Waals surface area (Å²) in [5.74, 6) is 1.22. The minimum atomic E-state index is -0.0301. The van der Waals surface area contributed by atoms with Crippen LogP contribution in [0, 0.1) is 5.92 Å². The lowest BCUT2D eigenvalue weighted by atomic mass is 10.2. The Kier molecular flexibility index (Phi) is 3.82. The Bertz CT molecular complexity index is 331. The fourth-order valence-corrected chi connectivity index (χ4v) is 0.938. The van der Waals surface area contributed by atoms with Crippen LogP contribution in [0.15, 0.2) is 4.42 Å². The quantitative estimate of drug-likeness (QED) is 0.818. The molecule has 0 aromatic carbocycles. The minimum Gasteiger partial charge on any atom is -0.423 e. The number of aromatic nitrogens is 2. The van der Waals surface area contributed by atoms with Gasteiger partial charge in [0.1, 0.15) is 0 Å². The highest BCUT2D eigenvalue weighted by Gasteiger charge is 2.11. The SMILES string of the molecule is CC(C)C(=O)NCc1nnc(C(C)C)o1. The Morgan fingerprint density at radius 1 is 1.33 bits per heavy atom. The van der Waals surface area contributed by atoms with Crippen molar-refractivity contribution in [2.75, 3.05) is 0 Å². The van der Waals surface area contributed by atoms with Crippen molar-refractivity contribution < 1.29 is 9.21 Å². The lowest BCUT2D eigenvalue weighted by molar-refractivity contribution is -0.124. The maximum Gasteiger partial charge on any atom is 0.235 e. The zero-order chi connectivity index (χ0) is 11.4. The van der Waals surface area contributed by atoms with Crippen LogP contribution in [0.2, 0.25) is 0 Å². The Balaban J connectivity index is 2.48. The van der Waals surface area contributed by atoms with Crippen LogP contribution in [-0.2, 0) is 11.3 Å². The number of hydrogen-bond donors (Lipinski definition) is 1. The van der Waals surface area contributed by atoms with Gasteiger partial charge >= 0.3 is 0 Å². The van der Waals surface area contributed by atoms with Crippen molar-refractivity contribution in [3.8, 4) is 0 Å². The molecule has 0 aliphatic carbocycles. The van der Waals surface area contributed by atoms with Crippen LogP contribution in [0.1, 0.15) is 45.4 Å². The Labute approximate surface area is 89.3 Å². The molecule has 0 aliphatic heterocycles. The number of nitrogens with one attached hydrogen (secondary N) is 1. The molecule has 15 heavy (non-hydrogen) atoms. The minimum absolute atomic E-state index is 0.0145. The number of rotatable bonds is 4. The van der Waals surface area contributed by atoms with Gasteiger partial charge in [-0.2, -0.15) is 0 Å². The van der Waals surface area contributed by atoms with E-state index in [9.17, 15) is 4.79 Å². The fourth-order valence-electron chi connectivity index (χ4n) is 0.938. The van der Waals surface area contributed by atoms with Crippen molar-refractivity contribution in [2.24, 2.45) is 5.92 Å². The molecule has 0 bridgehead atoms. The molecule has 1 N–H and O–H groups in total. The molecule has 0 radical (unpaired) electrons. The topological polar surface area (TPSA) is 68.0 Å². The zero-order valence-corrected chi connectivity index (χ0v) is 9.57. The maximum absolute atomic E-state index is 11.3. The number of carbonyl (C=O) groups is 1. The molecule has 0 saturated heterocycles. The standard InChI is InChI=1S/C10H17N3O2/c1-6(2)9(14)11-5-8-12-13-10(15-8)7(3)4/h6-7H,5H2,1-4H3,(H,11,14). The predicted molar refractivity (Wildman–Crippen MR) is 55.1 cm³/mol. The van der Waals surface area contributed by atoms with Gasteiger partial charge in [-0.1, -0.05) is 27.7 Å². The van der Waals surface area contributed by atoms with Crippen molar-refractivity contribution in [3.63, 3.8) is 0 Å². The lowest BCUT2D eigenvalue weighted by Gasteiger charge is -2.04. The van der Waals surface area contributed by atoms with Gasteiger partial charge in [0.2, 0.25) is 17.7 Å².